The van der Waals surface area contributed by atoms with Gasteiger partial charge in [0.2, 0.25) is 0 Å². The monoisotopic (exact) mass is 219 g/mol. The van der Waals surface area contributed by atoms with Gasteiger partial charge in [-0.1, -0.05) is 29.8 Å². The van der Waals surface area contributed by atoms with Gasteiger partial charge in [-0.3, -0.25) is 0 Å². The molecule has 2 rings (SSSR count). The number of aliphatic hydroxyl groups excluding tert-OH is 1. The molecule has 1 aromatic carbocycles. The Morgan fingerprint density at radius 1 is 1.27 bits per heavy atom. The van der Waals surface area contributed by atoms with E-state index in [2.05, 4.69) is 36.2 Å². The molecule has 15 heavy (non-hydrogen) atoms. The number of benzene rings is 1. The van der Waals surface area contributed by atoms with Crippen LogP contribution in [0.4, 0.5) is 0 Å². The lowest BCUT2D eigenvalue weighted by atomic mass is 10.1. The molecule has 1 aromatic heterocycles. The average Bonchev–Trinajstić information content (AvgIpc) is 2.69. The predicted octanol–water partition coefficient (Wildman–Crippen LogP) is 2.53. The molecule has 0 aliphatic rings. The topological polar surface area (TPSA) is 33.1 Å². The summed E-state index contributed by atoms with van der Waals surface area (Å²) in [5.41, 5.74) is 2.54. The maximum absolute atomic E-state index is 8.92. The summed E-state index contributed by atoms with van der Waals surface area (Å²) >= 11 is 1.57. The number of nitrogens with zero attached hydrogens (tertiary/aromatic N) is 1. The van der Waals surface area contributed by atoms with Gasteiger partial charge >= 0.3 is 0 Å². The lowest BCUT2D eigenvalue weighted by molar-refractivity contribution is 0.285. The SMILES string of the molecule is Cc1ccc(Cc2ncc(CO)s2)cc1. The standard InChI is InChI=1S/C12H13NOS/c1-9-2-4-10(5-3-9)6-12-13-7-11(8-14)15-12/h2-5,7,14H,6,8H2,1H3. The number of aromatic nitrogens is 1. The fourth-order valence-electron chi connectivity index (χ4n) is 1.38. The van der Waals surface area contributed by atoms with Gasteiger partial charge < -0.3 is 5.11 Å². The van der Waals surface area contributed by atoms with Crippen molar-refractivity contribution >= 4 is 11.3 Å². The molecule has 78 valence electrons. The molecule has 0 fully saturated rings. The van der Waals surface area contributed by atoms with Crippen molar-refractivity contribution in [3.8, 4) is 0 Å². The summed E-state index contributed by atoms with van der Waals surface area (Å²) in [6.45, 7) is 2.17. The van der Waals surface area contributed by atoms with Gasteiger partial charge in [0.05, 0.1) is 16.5 Å². The number of rotatable bonds is 3. The summed E-state index contributed by atoms with van der Waals surface area (Å²) in [5.74, 6) is 0. The first kappa shape index (κ1) is 10.3. The minimum atomic E-state index is 0.0889. The van der Waals surface area contributed by atoms with Crippen LogP contribution in [0.3, 0.4) is 0 Å². The van der Waals surface area contributed by atoms with Crippen molar-refractivity contribution in [2.45, 2.75) is 20.0 Å². The Morgan fingerprint density at radius 2 is 2.00 bits per heavy atom. The summed E-state index contributed by atoms with van der Waals surface area (Å²) in [6, 6.07) is 8.45. The quantitative estimate of drug-likeness (QED) is 0.860. The van der Waals surface area contributed by atoms with Crippen LogP contribution in [0.2, 0.25) is 0 Å². The van der Waals surface area contributed by atoms with Gasteiger partial charge in [0, 0.05) is 12.6 Å². The third-order valence-electron chi connectivity index (χ3n) is 2.23. The maximum Gasteiger partial charge on any atom is 0.0972 e. The zero-order valence-electron chi connectivity index (χ0n) is 8.60. The van der Waals surface area contributed by atoms with E-state index in [9.17, 15) is 0 Å². The first-order chi connectivity index (χ1) is 7.28. The molecule has 2 aromatic rings. The third kappa shape index (κ3) is 2.64. The van der Waals surface area contributed by atoms with Crippen LogP contribution in [0.15, 0.2) is 30.5 Å². The van der Waals surface area contributed by atoms with Crippen molar-refractivity contribution in [1.82, 2.24) is 4.98 Å². The molecule has 1 heterocycles. The van der Waals surface area contributed by atoms with Crippen LogP contribution in [0, 0.1) is 6.92 Å². The van der Waals surface area contributed by atoms with Gasteiger partial charge in [-0.25, -0.2) is 4.98 Å². The van der Waals surface area contributed by atoms with Crippen molar-refractivity contribution in [2.75, 3.05) is 0 Å². The minimum Gasteiger partial charge on any atom is -0.391 e. The number of aliphatic hydroxyl groups is 1. The van der Waals surface area contributed by atoms with Gasteiger partial charge in [0.15, 0.2) is 0 Å². The molecule has 0 saturated heterocycles. The highest BCUT2D eigenvalue weighted by Crippen LogP contribution is 2.16. The highest BCUT2D eigenvalue weighted by molar-refractivity contribution is 7.11. The van der Waals surface area contributed by atoms with Crippen LogP contribution in [0.5, 0.6) is 0 Å². The van der Waals surface area contributed by atoms with Crippen LogP contribution in [-0.2, 0) is 13.0 Å². The van der Waals surface area contributed by atoms with Gasteiger partial charge in [-0.05, 0) is 12.5 Å². The van der Waals surface area contributed by atoms with Gasteiger partial charge in [-0.2, -0.15) is 0 Å². The molecule has 0 aliphatic carbocycles. The van der Waals surface area contributed by atoms with E-state index in [1.807, 2.05) is 0 Å². The molecule has 0 radical (unpaired) electrons. The zero-order chi connectivity index (χ0) is 10.7. The van der Waals surface area contributed by atoms with Crippen molar-refractivity contribution < 1.29 is 5.11 Å². The van der Waals surface area contributed by atoms with E-state index in [4.69, 9.17) is 5.11 Å². The molecule has 1 N–H and O–H groups in total. The molecule has 0 atom stereocenters. The Kier molecular flexibility index (Phi) is 3.14. The fraction of sp³-hybridized carbons (Fsp3) is 0.250. The van der Waals surface area contributed by atoms with Crippen LogP contribution in [0.1, 0.15) is 21.0 Å². The molecule has 0 aliphatic heterocycles. The molecule has 0 saturated carbocycles. The van der Waals surface area contributed by atoms with E-state index in [0.29, 0.717) is 0 Å². The molecule has 3 heteroatoms. The van der Waals surface area contributed by atoms with E-state index < -0.39 is 0 Å². The van der Waals surface area contributed by atoms with Crippen LogP contribution in [-0.4, -0.2) is 10.1 Å². The van der Waals surface area contributed by atoms with Crippen LogP contribution in [0.25, 0.3) is 0 Å². The van der Waals surface area contributed by atoms with Crippen LogP contribution >= 0.6 is 11.3 Å². The predicted molar refractivity (Wildman–Crippen MR) is 62.0 cm³/mol. The Labute approximate surface area is 93.2 Å². The van der Waals surface area contributed by atoms with Gasteiger partial charge in [0.1, 0.15) is 0 Å². The Hall–Kier alpha value is -1.19. The lowest BCUT2D eigenvalue weighted by Crippen LogP contribution is -1.86. The van der Waals surface area contributed by atoms with Crippen molar-refractivity contribution in [2.24, 2.45) is 0 Å². The van der Waals surface area contributed by atoms with E-state index in [-0.39, 0.29) is 6.61 Å². The Balaban J connectivity index is 2.11. The second-order valence-electron chi connectivity index (χ2n) is 3.54. The van der Waals surface area contributed by atoms with Gasteiger partial charge in [0.25, 0.3) is 0 Å². The Bertz CT molecular complexity index is 433. The van der Waals surface area contributed by atoms with Crippen LogP contribution < -0.4 is 0 Å². The van der Waals surface area contributed by atoms with E-state index >= 15 is 0 Å². The summed E-state index contributed by atoms with van der Waals surface area (Å²) in [4.78, 5) is 5.19. The smallest absolute Gasteiger partial charge is 0.0972 e. The van der Waals surface area contributed by atoms with E-state index in [0.717, 1.165) is 16.3 Å². The second-order valence-corrected chi connectivity index (χ2v) is 4.74. The summed E-state index contributed by atoms with van der Waals surface area (Å²) in [7, 11) is 0. The van der Waals surface area contributed by atoms with E-state index in [1.54, 1.807) is 17.5 Å². The largest absolute Gasteiger partial charge is 0.391 e. The zero-order valence-corrected chi connectivity index (χ0v) is 9.42. The summed E-state index contributed by atoms with van der Waals surface area (Å²) < 4.78 is 0. The highest BCUT2D eigenvalue weighted by Gasteiger charge is 2.02. The minimum absolute atomic E-state index is 0.0889. The van der Waals surface area contributed by atoms with Crippen molar-refractivity contribution in [3.63, 3.8) is 0 Å². The fourth-order valence-corrected chi connectivity index (χ4v) is 2.20. The molecule has 0 unspecified atom stereocenters. The van der Waals surface area contributed by atoms with Crippen molar-refractivity contribution in [1.29, 1.82) is 0 Å². The lowest BCUT2D eigenvalue weighted by Gasteiger charge is -1.98. The Morgan fingerprint density at radius 3 is 2.60 bits per heavy atom. The number of thiazole rings is 1. The number of aryl methyl sites for hydroxylation is 1. The average molecular weight is 219 g/mol. The molecular weight excluding hydrogens is 206 g/mol. The molecule has 0 spiro atoms. The third-order valence-corrected chi connectivity index (χ3v) is 3.22. The number of hydrogen-bond donors (Lipinski definition) is 1. The molecule has 2 nitrogen and oxygen atoms in total. The molecule has 0 bridgehead atoms. The molecule has 0 amide bonds. The first-order valence-corrected chi connectivity index (χ1v) is 5.69. The van der Waals surface area contributed by atoms with Crippen molar-refractivity contribution in [3.05, 3.63) is 51.5 Å². The highest BCUT2D eigenvalue weighted by atomic mass is 32.1. The summed E-state index contributed by atoms with van der Waals surface area (Å²) in [5, 5.41) is 9.98. The second kappa shape index (κ2) is 4.55. The molecular formula is C12H13NOS. The normalized spacial score (nSPS) is 10.5. The van der Waals surface area contributed by atoms with E-state index in [1.165, 1.54) is 11.1 Å². The summed E-state index contributed by atoms with van der Waals surface area (Å²) in [6.07, 6.45) is 2.60. The maximum atomic E-state index is 8.92. The first-order valence-electron chi connectivity index (χ1n) is 4.88. The van der Waals surface area contributed by atoms with Gasteiger partial charge in [-0.15, -0.1) is 11.3 Å². The number of hydrogen-bond acceptors (Lipinski definition) is 3.